The van der Waals surface area contributed by atoms with E-state index in [0.717, 1.165) is 12.1 Å². The number of nitrogens with zero attached hydrogens (tertiary/aromatic N) is 2. The lowest BCUT2D eigenvalue weighted by molar-refractivity contribution is 0.478. The average Bonchev–Trinajstić information content (AvgIpc) is 1.88. The molecule has 64 valence electrons. The van der Waals surface area contributed by atoms with Crippen LogP contribution in [0.5, 0.6) is 0 Å². The third kappa shape index (κ3) is 3.30. The van der Waals surface area contributed by atoms with Crippen LogP contribution in [0.2, 0.25) is 0 Å². The van der Waals surface area contributed by atoms with Gasteiger partial charge in [0.1, 0.15) is 0 Å². The Morgan fingerprint density at radius 1 is 1.45 bits per heavy atom. The van der Waals surface area contributed by atoms with Crippen molar-refractivity contribution in [3.05, 3.63) is 0 Å². The van der Waals surface area contributed by atoms with E-state index in [9.17, 15) is 0 Å². The summed E-state index contributed by atoms with van der Waals surface area (Å²) in [5, 5.41) is 7.47. The second kappa shape index (κ2) is 5.05. The Labute approximate surface area is 69.4 Å². The summed E-state index contributed by atoms with van der Waals surface area (Å²) in [5.74, 6) is 1.20. The zero-order valence-electron chi connectivity index (χ0n) is 7.96. The SMILES string of the molecule is C=NN=C(C)C(CC)C(C)C. The summed E-state index contributed by atoms with van der Waals surface area (Å²) in [7, 11) is 0. The monoisotopic (exact) mass is 154 g/mol. The van der Waals surface area contributed by atoms with Crippen LogP contribution in [0.1, 0.15) is 34.1 Å². The van der Waals surface area contributed by atoms with Crippen molar-refractivity contribution in [1.29, 1.82) is 0 Å². The summed E-state index contributed by atoms with van der Waals surface area (Å²) in [4.78, 5) is 0. The smallest absolute Gasteiger partial charge is 0.0408 e. The van der Waals surface area contributed by atoms with Crippen molar-refractivity contribution in [2.45, 2.75) is 34.1 Å². The molecule has 0 rings (SSSR count). The maximum Gasteiger partial charge on any atom is 0.0408 e. The summed E-state index contributed by atoms with van der Waals surface area (Å²) in [6.45, 7) is 11.9. The van der Waals surface area contributed by atoms with Crippen molar-refractivity contribution in [2.75, 3.05) is 0 Å². The van der Waals surface area contributed by atoms with Gasteiger partial charge in [-0.3, -0.25) is 0 Å². The highest BCUT2D eigenvalue weighted by molar-refractivity contribution is 5.84. The highest BCUT2D eigenvalue weighted by atomic mass is 15.2. The largest absolute Gasteiger partial charge is 0.167 e. The van der Waals surface area contributed by atoms with Crippen LogP contribution in [0.25, 0.3) is 0 Å². The lowest BCUT2D eigenvalue weighted by Gasteiger charge is -2.17. The van der Waals surface area contributed by atoms with E-state index < -0.39 is 0 Å². The molecule has 0 aromatic heterocycles. The molecule has 0 fully saturated rings. The van der Waals surface area contributed by atoms with Crippen LogP contribution in [-0.4, -0.2) is 12.4 Å². The Morgan fingerprint density at radius 3 is 2.27 bits per heavy atom. The lowest BCUT2D eigenvalue weighted by Crippen LogP contribution is -2.16. The van der Waals surface area contributed by atoms with Crippen LogP contribution in [0, 0.1) is 11.8 Å². The number of rotatable bonds is 4. The molecule has 11 heavy (non-hydrogen) atoms. The highest BCUT2D eigenvalue weighted by Crippen LogP contribution is 2.16. The molecule has 0 radical (unpaired) electrons. The van der Waals surface area contributed by atoms with Gasteiger partial charge in [-0.15, -0.1) is 0 Å². The first-order valence-corrected chi connectivity index (χ1v) is 4.13. The third-order valence-corrected chi connectivity index (χ3v) is 2.01. The molecule has 0 aliphatic rings. The normalized spacial score (nSPS) is 15.2. The zero-order chi connectivity index (χ0) is 8.85. The lowest BCUT2D eigenvalue weighted by atomic mass is 9.89. The summed E-state index contributed by atoms with van der Waals surface area (Å²) >= 11 is 0. The number of hydrogen-bond acceptors (Lipinski definition) is 2. The van der Waals surface area contributed by atoms with Crippen LogP contribution in [-0.2, 0) is 0 Å². The Hall–Kier alpha value is -0.660. The summed E-state index contributed by atoms with van der Waals surface area (Å²) in [5.41, 5.74) is 1.09. The van der Waals surface area contributed by atoms with Gasteiger partial charge in [0.2, 0.25) is 0 Å². The van der Waals surface area contributed by atoms with Gasteiger partial charge in [0.25, 0.3) is 0 Å². The standard InChI is InChI=1S/C9H18N2/c1-6-9(7(2)3)8(4)11-10-5/h7,9H,5-6H2,1-4H3. The molecule has 0 amide bonds. The van der Waals surface area contributed by atoms with Crippen LogP contribution in [0.15, 0.2) is 10.2 Å². The summed E-state index contributed by atoms with van der Waals surface area (Å²) in [6, 6.07) is 0. The average molecular weight is 154 g/mol. The minimum Gasteiger partial charge on any atom is -0.167 e. The van der Waals surface area contributed by atoms with Crippen LogP contribution in [0.3, 0.4) is 0 Å². The molecule has 0 saturated heterocycles. The molecule has 0 aliphatic carbocycles. The predicted molar refractivity (Wildman–Crippen MR) is 51.3 cm³/mol. The van der Waals surface area contributed by atoms with E-state index in [0.29, 0.717) is 11.8 Å². The molecule has 0 heterocycles. The van der Waals surface area contributed by atoms with Gasteiger partial charge >= 0.3 is 0 Å². The maximum atomic E-state index is 3.95. The Balaban J connectivity index is 4.24. The molecule has 0 aliphatic heterocycles. The van der Waals surface area contributed by atoms with E-state index in [1.54, 1.807) is 0 Å². The fourth-order valence-electron chi connectivity index (χ4n) is 1.43. The maximum absolute atomic E-state index is 3.95. The van der Waals surface area contributed by atoms with Crippen molar-refractivity contribution < 1.29 is 0 Å². The van der Waals surface area contributed by atoms with Gasteiger partial charge in [0, 0.05) is 18.3 Å². The first-order chi connectivity index (χ1) is 5.13. The first-order valence-electron chi connectivity index (χ1n) is 4.13. The fourth-order valence-corrected chi connectivity index (χ4v) is 1.43. The van der Waals surface area contributed by atoms with Crippen molar-refractivity contribution >= 4 is 12.4 Å². The second-order valence-corrected chi connectivity index (χ2v) is 3.14. The van der Waals surface area contributed by atoms with E-state index in [4.69, 9.17) is 0 Å². The van der Waals surface area contributed by atoms with Crippen molar-refractivity contribution in [1.82, 2.24) is 0 Å². The van der Waals surface area contributed by atoms with E-state index in [-0.39, 0.29) is 0 Å². The molecule has 0 aromatic carbocycles. The molecule has 0 N–H and O–H groups in total. The van der Waals surface area contributed by atoms with Crippen molar-refractivity contribution in [3.63, 3.8) is 0 Å². The van der Waals surface area contributed by atoms with Crippen LogP contribution in [0.4, 0.5) is 0 Å². The molecular formula is C9H18N2. The van der Waals surface area contributed by atoms with Gasteiger partial charge in [-0.25, -0.2) is 0 Å². The fraction of sp³-hybridized carbons (Fsp3) is 0.778. The minimum atomic E-state index is 0.556. The minimum absolute atomic E-state index is 0.556. The summed E-state index contributed by atoms with van der Waals surface area (Å²) < 4.78 is 0. The quantitative estimate of drug-likeness (QED) is 0.439. The molecule has 2 nitrogen and oxygen atoms in total. The molecule has 0 bridgehead atoms. The van der Waals surface area contributed by atoms with Gasteiger partial charge in [-0.05, 0) is 19.3 Å². The Morgan fingerprint density at radius 2 is 2.00 bits per heavy atom. The zero-order valence-corrected chi connectivity index (χ0v) is 7.96. The van der Waals surface area contributed by atoms with Gasteiger partial charge in [-0.2, -0.15) is 10.2 Å². The van der Waals surface area contributed by atoms with E-state index in [2.05, 4.69) is 37.7 Å². The molecule has 2 heteroatoms. The molecule has 1 atom stereocenters. The van der Waals surface area contributed by atoms with E-state index in [1.807, 2.05) is 6.92 Å². The molecule has 1 unspecified atom stereocenters. The van der Waals surface area contributed by atoms with Crippen LogP contribution < -0.4 is 0 Å². The van der Waals surface area contributed by atoms with Gasteiger partial charge in [0.15, 0.2) is 0 Å². The second-order valence-electron chi connectivity index (χ2n) is 3.14. The summed E-state index contributed by atoms with van der Waals surface area (Å²) in [6.07, 6.45) is 1.13. The molecule has 0 saturated carbocycles. The van der Waals surface area contributed by atoms with Gasteiger partial charge < -0.3 is 0 Å². The van der Waals surface area contributed by atoms with Gasteiger partial charge in [-0.1, -0.05) is 20.8 Å². The third-order valence-electron chi connectivity index (χ3n) is 2.01. The van der Waals surface area contributed by atoms with E-state index >= 15 is 0 Å². The highest BCUT2D eigenvalue weighted by Gasteiger charge is 2.13. The van der Waals surface area contributed by atoms with Crippen molar-refractivity contribution in [3.8, 4) is 0 Å². The topological polar surface area (TPSA) is 24.7 Å². The Bertz CT molecular complexity index is 148. The number of hydrogen-bond donors (Lipinski definition) is 0. The molecule has 0 spiro atoms. The Kier molecular flexibility index (Phi) is 4.75. The van der Waals surface area contributed by atoms with Crippen LogP contribution >= 0.6 is 0 Å². The van der Waals surface area contributed by atoms with E-state index in [1.165, 1.54) is 0 Å². The van der Waals surface area contributed by atoms with Crippen molar-refractivity contribution in [2.24, 2.45) is 22.0 Å². The first kappa shape index (κ1) is 10.3. The molecular weight excluding hydrogens is 136 g/mol. The van der Waals surface area contributed by atoms with Gasteiger partial charge in [0.05, 0.1) is 0 Å². The predicted octanol–water partition coefficient (Wildman–Crippen LogP) is 2.75. The molecule has 0 aromatic rings.